The molecule has 2 aromatic rings. The Morgan fingerprint density at radius 2 is 1.76 bits per heavy atom. The van der Waals surface area contributed by atoms with Gasteiger partial charge in [0.25, 0.3) is 0 Å². The second-order valence-corrected chi connectivity index (χ2v) is 9.30. The van der Waals surface area contributed by atoms with Crippen molar-refractivity contribution in [3.05, 3.63) is 59.2 Å². The molecule has 1 fully saturated rings. The maximum atomic E-state index is 12.6. The molecule has 2 amide bonds. The Balaban J connectivity index is 1.47. The Kier molecular flexibility index (Phi) is 7.30. The SMILES string of the molecule is Cc1cccc(NC(=O)C(=O)NC[C@@H](c2ccc3c(c2)CCCN3C)N2CCN(C)CC2)c1. The molecule has 2 aliphatic heterocycles. The number of hydrogen-bond acceptors (Lipinski definition) is 5. The van der Waals surface area contributed by atoms with Gasteiger partial charge in [0.15, 0.2) is 0 Å². The van der Waals surface area contributed by atoms with Crippen molar-refractivity contribution in [2.24, 2.45) is 0 Å². The molecule has 7 nitrogen and oxygen atoms in total. The van der Waals surface area contributed by atoms with Crippen molar-refractivity contribution < 1.29 is 9.59 Å². The highest BCUT2D eigenvalue weighted by Gasteiger charge is 2.27. The maximum Gasteiger partial charge on any atom is 0.313 e. The zero-order chi connectivity index (χ0) is 23.4. The minimum atomic E-state index is -0.634. The fourth-order valence-corrected chi connectivity index (χ4v) is 4.78. The molecule has 7 heteroatoms. The third-order valence-corrected chi connectivity index (χ3v) is 6.76. The van der Waals surface area contributed by atoms with Crippen LogP contribution >= 0.6 is 0 Å². The maximum absolute atomic E-state index is 12.6. The van der Waals surface area contributed by atoms with Crippen LogP contribution in [0.25, 0.3) is 0 Å². The summed E-state index contributed by atoms with van der Waals surface area (Å²) in [5, 5.41) is 5.60. The van der Waals surface area contributed by atoms with Crippen LogP contribution in [-0.2, 0) is 16.0 Å². The summed E-state index contributed by atoms with van der Waals surface area (Å²) in [6, 6.07) is 14.2. The van der Waals surface area contributed by atoms with E-state index in [0.29, 0.717) is 12.2 Å². The first kappa shape index (κ1) is 23.3. The zero-order valence-corrected chi connectivity index (χ0v) is 19.9. The van der Waals surface area contributed by atoms with E-state index in [1.165, 1.54) is 16.8 Å². The van der Waals surface area contributed by atoms with E-state index >= 15 is 0 Å². The number of aryl methyl sites for hydroxylation is 2. The third-order valence-electron chi connectivity index (χ3n) is 6.76. The Labute approximate surface area is 196 Å². The molecule has 0 spiro atoms. The molecule has 4 rings (SSSR count). The molecule has 1 saturated heterocycles. The Hall–Kier alpha value is -2.90. The van der Waals surface area contributed by atoms with Gasteiger partial charge in [-0.15, -0.1) is 0 Å². The van der Waals surface area contributed by atoms with Crippen molar-refractivity contribution in [2.45, 2.75) is 25.8 Å². The van der Waals surface area contributed by atoms with E-state index in [1.807, 2.05) is 25.1 Å². The average molecular weight is 450 g/mol. The lowest BCUT2D eigenvalue weighted by Gasteiger charge is -2.39. The third kappa shape index (κ3) is 5.72. The van der Waals surface area contributed by atoms with Crippen LogP contribution in [0.1, 0.15) is 29.2 Å². The van der Waals surface area contributed by atoms with Crippen molar-refractivity contribution in [3.8, 4) is 0 Å². The molecule has 2 aliphatic rings. The summed E-state index contributed by atoms with van der Waals surface area (Å²) in [4.78, 5) is 32.1. The molecule has 0 aliphatic carbocycles. The molecule has 0 bridgehead atoms. The predicted molar refractivity (Wildman–Crippen MR) is 133 cm³/mol. The van der Waals surface area contributed by atoms with E-state index in [2.05, 4.69) is 57.6 Å². The molecule has 33 heavy (non-hydrogen) atoms. The number of carbonyl (C=O) groups is 2. The van der Waals surface area contributed by atoms with Crippen LogP contribution in [0.3, 0.4) is 0 Å². The molecule has 2 N–H and O–H groups in total. The van der Waals surface area contributed by atoms with Crippen molar-refractivity contribution >= 4 is 23.2 Å². The van der Waals surface area contributed by atoms with Gasteiger partial charge >= 0.3 is 11.8 Å². The number of likely N-dealkylation sites (N-methyl/N-ethyl adjacent to an activating group) is 1. The number of carbonyl (C=O) groups excluding carboxylic acids is 2. The highest BCUT2D eigenvalue weighted by Crippen LogP contribution is 2.31. The summed E-state index contributed by atoms with van der Waals surface area (Å²) in [6.07, 6.45) is 2.23. The lowest BCUT2D eigenvalue weighted by Crippen LogP contribution is -2.49. The minimum Gasteiger partial charge on any atom is -0.374 e. The van der Waals surface area contributed by atoms with Crippen molar-refractivity contribution in [3.63, 3.8) is 0 Å². The molecule has 0 aromatic heterocycles. The van der Waals surface area contributed by atoms with Crippen molar-refractivity contribution in [2.75, 3.05) is 63.6 Å². The smallest absolute Gasteiger partial charge is 0.313 e. The molecule has 1 atom stereocenters. The van der Waals surface area contributed by atoms with Crippen molar-refractivity contribution in [1.82, 2.24) is 15.1 Å². The second-order valence-electron chi connectivity index (χ2n) is 9.30. The van der Waals surface area contributed by atoms with E-state index < -0.39 is 11.8 Å². The Bertz CT molecular complexity index is 1000. The van der Waals surface area contributed by atoms with Crippen LogP contribution in [0.15, 0.2) is 42.5 Å². The van der Waals surface area contributed by atoms with Crippen LogP contribution in [0.4, 0.5) is 11.4 Å². The normalized spacial score (nSPS) is 17.8. The van der Waals surface area contributed by atoms with Gasteiger partial charge in [0.1, 0.15) is 0 Å². The number of anilines is 2. The second kappa shape index (κ2) is 10.4. The fourth-order valence-electron chi connectivity index (χ4n) is 4.78. The largest absolute Gasteiger partial charge is 0.374 e. The zero-order valence-electron chi connectivity index (χ0n) is 19.9. The molecule has 0 saturated carbocycles. The lowest BCUT2D eigenvalue weighted by molar-refractivity contribution is -0.136. The number of piperazine rings is 1. The number of rotatable bonds is 5. The first-order chi connectivity index (χ1) is 15.9. The van der Waals surface area contributed by atoms with Gasteiger partial charge in [-0.1, -0.05) is 24.3 Å². The summed E-state index contributed by atoms with van der Waals surface area (Å²) < 4.78 is 0. The van der Waals surface area contributed by atoms with E-state index in [0.717, 1.165) is 51.1 Å². The first-order valence-electron chi connectivity index (χ1n) is 11.8. The number of hydrogen-bond donors (Lipinski definition) is 2. The van der Waals surface area contributed by atoms with Gasteiger partial charge < -0.3 is 20.4 Å². The van der Waals surface area contributed by atoms with E-state index in [4.69, 9.17) is 0 Å². The van der Waals surface area contributed by atoms with E-state index in [-0.39, 0.29) is 6.04 Å². The summed E-state index contributed by atoms with van der Waals surface area (Å²) in [7, 11) is 4.28. The van der Waals surface area contributed by atoms with Gasteiger partial charge in [-0.2, -0.15) is 0 Å². The van der Waals surface area contributed by atoms with Crippen LogP contribution in [0, 0.1) is 6.92 Å². The van der Waals surface area contributed by atoms with Gasteiger partial charge in [-0.05, 0) is 61.7 Å². The molecule has 0 radical (unpaired) electrons. The lowest BCUT2D eigenvalue weighted by atomic mass is 9.95. The summed E-state index contributed by atoms with van der Waals surface area (Å²) in [5.41, 5.74) is 5.52. The van der Waals surface area contributed by atoms with Crippen LogP contribution in [0.5, 0.6) is 0 Å². The Morgan fingerprint density at radius 1 is 0.970 bits per heavy atom. The molecular weight excluding hydrogens is 414 g/mol. The molecule has 2 heterocycles. The topological polar surface area (TPSA) is 67.9 Å². The monoisotopic (exact) mass is 449 g/mol. The Morgan fingerprint density at radius 3 is 2.52 bits per heavy atom. The van der Waals surface area contributed by atoms with E-state index in [1.54, 1.807) is 6.07 Å². The van der Waals surface area contributed by atoms with Crippen molar-refractivity contribution in [1.29, 1.82) is 0 Å². The number of nitrogens with one attached hydrogen (secondary N) is 2. The number of amides is 2. The molecule has 2 aromatic carbocycles. The molecular formula is C26H35N5O2. The summed E-state index contributed by atoms with van der Waals surface area (Å²) >= 11 is 0. The van der Waals surface area contributed by atoms with Crippen LogP contribution in [-0.4, -0.2) is 75.0 Å². The predicted octanol–water partition coefficient (Wildman–Crippen LogP) is 2.42. The van der Waals surface area contributed by atoms with Gasteiger partial charge in [-0.25, -0.2) is 0 Å². The standard InChI is InChI=1S/C26H35N5O2/c1-19-6-4-8-22(16-19)28-26(33)25(32)27-18-24(31-14-12-29(2)13-15-31)21-9-10-23-20(17-21)7-5-11-30(23)3/h4,6,8-10,16-17,24H,5,7,11-15,18H2,1-3H3,(H,27,32)(H,28,33)/t24-/m0/s1. The summed E-state index contributed by atoms with van der Waals surface area (Å²) in [5.74, 6) is -1.24. The highest BCUT2D eigenvalue weighted by atomic mass is 16.2. The van der Waals surface area contributed by atoms with Gasteiger partial charge in [0, 0.05) is 57.7 Å². The fraction of sp³-hybridized carbons (Fsp3) is 0.462. The highest BCUT2D eigenvalue weighted by molar-refractivity contribution is 6.39. The molecule has 0 unspecified atom stereocenters. The molecule has 176 valence electrons. The number of nitrogens with zero attached hydrogens (tertiary/aromatic N) is 3. The van der Waals surface area contributed by atoms with Crippen LogP contribution in [0.2, 0.25) is 0 Å². The van der Waals surface area contributed by atoms with Gasteiger partial charge in [0.05, 0.1) is 6.04 Å². The average Bonchev–Trinajstić information content (AvgIpc) is 2.80. The summed E-state index contributed by atoms with van der Waals surface area (Å²) in [6.45, 7) is 7.29. The first-order valence-corrected chi connectivity index (χ1v) is 11.8. The van der Waals surface area contributed by atoms with E-state index in [9.17, 15) is 9.59 Å². The number of benzene rings is 2. The van der Waals surface area contributed by atoms with Crippen LogP contribution < -0.4 is 15.5 Å². The number of fused-ring (bicyclic) bond motifs is 1. The van der Waals surface area contributed by atoms with Gasteiger partial charge in [-0.3, -0.25) is 14.5 Å². The quantitative estimate of drug-likeness (QED) is 0.687. The van der Waals surface area contributed by atoms with Gasteiger partial charge in [0.2, 0.25) is 0 Å². The minimum absolute atomic E-state index is 0.0342.